The molecule has 62 valence electrons. The van der Waals surface area contributed by atoms with Gasteiger partial charge in [-0.2, -0.15) is 0 Å². The molecule has 0 aromatic carbocycles. The molecule has 1 nitrogen and oxygen atoms in total. The quantitative estimate of drug-likeness (QED) is 0.759. The summed E-state index contributed by atoms with van der Waals surface area (Å²) in [7, 11) is 0. The maximum absolute atomic E-state index is 5.71. The first-order valence-corrected chi connectivity index (χ1v) is 5.99. The summed E-state index contributed by atoms with van der Waals surface area (Å²) in [5.74, 6) is 0. The Hall–Kier alpha value is 0.1000. The largest absolute Gasteiger partial charge is 0.224 e. The molecule has 0 fully saturated rings. The third-order valence-electron chi connectivity index (χ3n) is 1.26. The molecule has 0 aliphatic heterocycles. The molecule has 0 radical (unpaired) electrons. The standard InChI is InChI=1S/C7H3BrClNS2/c8-5-2-1-4(12-5)7-10-6(9)3-11-7/h1-3H. The van der Waals surface area contributed by atoms with E-state index in [4.69, 9.17) is 11.6 Å². The molecule has 0 bridgehead atoms. The Kier molecular flexibility index (Phi) is 2.50. The molecule has 12 heavy (non-hydrogen) atoms. The number of thiophene rings is 1. The van der Waals surface area contributed by atoms with Gasteiger partial charge in [0.1, 0.15) is 10.2 Å². The van der Waals surface area contributed by atoms with Crippen molar-refractivity contribution in [3.05, 3.63) is 26.5 Å². The Morgan fingerprint density at radius 3 is 2.75 bits per heavy atom. The lowest BCUT2D eigenvalue weighted by Gasteiger charge is -1.84. The van der Waals surface area contributed by atoms with Crippen molar-refractivity contribution in [1.82, 2.24) is 4.98 Å². The van der Waals surface area contributed by atoms with Gasteiger partial charge in [0.25, 0.3) is 0 Å². The van der Waals surface area contributed by atoms with Gasteiger partial charge in [-0.1, -0.05) is 11.6 Å². The van der Waals surface area contributed by atoms with E-state index in [1.807, 2.05) is 17.5 Å². The van der Waals surface area contributed by atoms with E-state index in [0.717, 1.165) is 13.7 Å². The molecule has 5 heteroatoms. The maximum atomic E-state index is 5.71. The maximum Gasteiger partial charge on any atom is 0.140 e. The zero-order valence-electron chi connectivity index (χ0n) is 5.75. The van der Waals surface area contributed by atoms with E-state index in [1.54, 1.807) is 22.7 Å². The summed E-state index contributed by atoms with van der Waals surface area (Å²) in [6, 6.07) is 4.04. The summed E-state index contributed by atoms with van der Waals surface area (Å²) < 4.78 is 1.11. The minimum Gasteiger partial charge on any atom is -0.224 e. The average molecular weight is 281 g/mol. The van der Waals surface area contributed by atoms with Crippen LogP contribution < -0.4 is 0 Å². The third kappa shape index (κ3) is 1.71. The number of halogens is 2. The van der Waals surface area contributed by atoms with Crippen LogP contribution in [0.3, 0.4) is 0 Å². The van der Waals surface area contributed by atoms with Crippen LogP contribution >= 0.6 is 50.2 Å². The molecule has 0 saturated carbocycles. The molecule has 2 heterocycles. The van der Waals surface area contributed by atoms with Crippen molar-refractivity contribution in [3.8, 4) is 9.88 Å². The van der Waals surface area contributed by atoms with E-state index in [-0.39, 0.29) is 0 Å². The SMILES string of the molecule is Clc1csc(-c2ccc(Br)s2)n1. The monoisotopic (exact) mass is 279 g/mol. The Morgan fingerprint density at radius 1 is 1.42 bits per heavy atom. The summed E-state index contributed by atoms with van der Waals surface area (Å²) in [6.07, 6.45) is 0. The van der Waals surface area contributed by atoms with Gasteiger partial charge in [-0.15, -0.1) is 22.7 Å². The van der Waals surface area contributed by atoms with Gasteiger partial charge < -0.3 is 0 Å². The van der Waals surface area contributed by atoms with Crippen LogP contribution in [0.1, 0.15) is 0 Å². The van der Waals surface area contributed by atoms with Crippen molar-refractivity contribution in [2.45, 2.75) is 0 Å². The van der Waals surface area contributed by atoms with Gasteiger partial charge in [0, 0.05) is 5.38 Å². The van der Waals surface area contributed by atoms with Gasteiger partial charge in [-0.05, 0) is 28.1 Å². The fourth-order valence-electron chi connectivity index (χ4n) is 0.797. The number of rotatable bonds is 1. The van der Waals surface area contributed by atoms with Crippen LogP contribution in [0, 0.1) is 0 Å². The molecule has 0 N–H and O–H groups in total. The second-order valence-corrected chi connectivity index (χ2v) is 5.79. The minimum absolute atomic E-state index is 0.569. The van der Waals surface area contributed by atoms with Crippen LogP contribution in [0.2, 0.25) is 5.15 Å². The Morgan fingerprint density at radius 2 is 2.25 bits per heavy atom. The number of thiazole rings is 1. The molecule has 2 aromatic rings. The highest BCUT2D eigenvalue weighted by molar-refractivity contribution is 9.11. The van der Waals surface area contributed by atoms with Gasteiger partial charge in [0.15, 0.2) is 0 Å². The normalized spacial score (nSPS) is 10.5. The second kappa shape index (κ2) is 3.46. The summed E-state index contributed by atoms with van der Waals surface area (Å²) >= 11 is 12.3. The van der Waals surface area contributed by atoms with E-state index >= 15 is 0 Å². The fourth-order valence-corrected chi connectivity index (χ4v) is 3.20. The fraction of sp³-hybridized carbons (Fsp3) is 0. The first kappa shape index (κ1) is 8.69. The Labute approximate surface area is 91.2 Å². The van der Waals surface area contributed by atoms with Gasteiger partial charge in [0.2, 0.25) is 0 Å². The molecular weight excluding hydrogens is 278 g/mol. The predicted molar refractivity (Wildman–Crippen MR) is 58.1 cm³/mol. The molecule has 2 rings (SSSR count). The van der Waals surface area contributed by atoms with Gasteiger partial charge >= 0.3 is 0 Å². The second-order valence-electron chi connectivity index (χ2n) is 2.08. The van der Waals surface area contributed by atoms with E-state index in [1.165, 1.54) is 0 Å². The third-order valence-corrected chi connectivity index (χ3v) is 4.22. The highest BCUT2D eigenvalue weighted by Gasteiger charge is 2.05. The molecule has 0 saturated heterocycles. The summed E-state index contributed by atoms with van der Waals surface area (Å²) in [6.45, 7) is 0. The number of hydrogen-bond acceptors (Lipinski definition) is 3. The van der Waals surface area contributed by atoms with Crippen molar-refractivity contribution in [1.29, 1.82) is 0 Å². The molecule has 0 aliphatic rings. The van der Waals surface area contributed by atoms with Gasteiger partial charge in [0.05, 0.1) is 8.66 Å². The molecule has 0 unspecified atom stereocenters. The van der Waals surface area contributed by atoms with Crippen LogP contribution in [0.5, 0.6) is 0 Å². The van der Waals surface area contributed by atoms with Crippen molar-refractivity contribution < 1.29 is 0 Å². The van der Waals surface area contributed by atoms with Crippen molar-refractivity contribution in [3.63, 3.8) is 0 Å². The van der Waals surface area contributed by atoms with E-state index in [2.05, 4.69) is 20.9 Å². The molecule has 0 aliphatic carbocycles. The van der Waals surface area contributed by atoms with Gasteiger partial charge in [-0.3, -0.25) is 0 Å². The first-order chi connectivity index (χ1) is 5.75. The predicted octanol–water partition coefficient (Wildman–Crippen LogP) is 4.29. The van der Waals surface area contributed by atoms with Gasteiger partial charge in [-0.25, -0.2) is 4.98 Å². The first-order valence-electron chi connectivity index (χ1n) is 3.12. The van der Waals surface area contributed by atoms with Crippen molar-refractivity contribution in [2.75, 3.05) is 0 Å². The molecule has 2 aromatic heterocycles. The van der Waals surface area contributed by atoms with Crippen molar-refractivity contribution in [2.24, 2.45) is 0 Å². The van der Waals surface area contributed by atoms with E-state index in [0.29, 0.717) is 5.15 Å². The molecule has 0 spiro atoms. The zero-order valence-corrected chi connectivity index (χ0v) is 9.73. The van der Waals surface area contributed by atoms with Crippen LogP contribution in [0.4, 0.5) is 0 Å². The lowest BCUT2D eigenvalue weighted by Crippen LogP contribution is -1.66. The summed E-state index contributed by atoms with van der Waals surface area (Å²) in [5.41, 5.74) is 0. The lowest BCUT2D eigenvalue weighted by molar-refractivity contribution is 1.43. The Balaban J connectivity index is 2.43. The average Bonchev–Trinajstić information content (AvgIpc) is 2.58. The minimum atomic E-state index is 0.569. The van der Waals surface area contributed by atoms with E-state index < -0.39 is 0 Å². The van der Waals surface area contributed by atoms with Crippen LogP contribution in [-0.4, -0.2) is 4.98 Å². The Bertz CT molecular complexity index is 357. The smallest absolute Gasteiger partial charge is 0.140 e. The topological polar surface area (TPSA) is 12.9 Å². The van der Waals surface area contributed by atoms with Crippen molar-refractivity contribution >= 4 is 50.2 Å². The molecular formula is C7H3BrClNS2. The summed E-state index contributed by atoms with van der Waals surface area (Å²) in [5, 5.41) is 3.39. The zero-order chi connectivity index (χ0) is 8.55. The lowest BCUT2D eigenvalue weighted by atomic mass is 10.5. The van der Waals surface area contributed by atoms with Crippen LogP contribution in [0.15, 0.2) is 21.3 Å². The highest BCUT2D eigenvalue weighted by atomic mass is 79.9. The number of aromatic nitrogens is 1. The number of hydrogen-bond donors (Lipinski definition) is 0. The van der Waals surface area contributed by atoms with E-state index in [9.17, 15) is 0 Å². The highest BCUT2D eigenvalue weighted by Crippen LogP contribution is 2.33. The summed E-state index contributed by atoms with van der Waals surface area (Å²) in [4.78, 5) is 5.32. The van der Waals surface area contributed by atoms with Crippen LogP contribution in [0.25, 0.3) is 9.88 Å². The van der Waals surface area contributed by atoms with Crippen LogP contribution in [-0.2, 0) is 0 Å². The number of nitrogens with zero attached hydrogens (tertiary/aromatic N) is 1. The molecule has 0 amide bonds. The molecule has 0 atom stereocenters.